The van der Waals surface area contributed by atoms with E-state index in [-0.39, 0.29) is 5.63 Å². The van der Waals surface area contributed by atoms with E-state index in [9.17, 15) is 4.79 Å². The Kier molecular flexibility index (Phi) is 3.05. The van der Waals surface area contributed by atoms with Crippen molar-refractivity contribution in [1.29, 1.82) is 0 Å². The van der Waals surface area contributed by atoms with Gasteiger partial charge in [-0.05, 0) is 24.3 Å². The van der Waals surface area contributed by atoms with Crippen LogP contribution in [0.15, 0.2) is 69.5 Å². The Bertz CT molecular complexity index is 1010. The van der Waals surface area contributed by atoms with Gasteiger partial charge >= 0.3 is 5.63 Å². The minimum absolute atomic E-state index is 0.370. The average Bonchev–Trinajstić information content (AvgIpc) is 3.05. The average molecular weight is 306 g/mol. The summed E-state index contributed by atoms with van der Waals surface area (Å²) in [6.45, 7) is 0. The van der Waals surface area contributed by atoms with Crippen LogP contribution in [0.5, 0.6) is 0 Å². The van der Waals surface area contributed by atoms with Crippen LogP contribution in [0.25, 0.3) is 32.8 Å². The molecular weight excluding hydrogens is 296 g/mol. The van der Waals surface area contributed by atoms with Crippen molar-refractivity contribution < 1.29 is 4.42 Å². The number of hydrogen-bond acceptors (Lipinski definition) is 5. The number of pyridine rings is 1. The van der Waals surface area contributed by atoms with E-state index in [0.29, 0.717) is 16.8 Å². The van der Waals surface area contributed by atoms with Crippen molar-refractivity contribution in [3.8, 4) is 21.8 Å². The molecule has 0 radical (unpaired) electrons. The van der Waals surface area contributed by atoms with Gasteiger partial charge in [-0.1, -0.05) is 18.2 Å². The molecule has 3 heterocycles. The zero-order chi connectivity index (χ0) is 14.9. The summed E-state index contributed by atoms with van der Waals surface area (Å²) in [4.78, 5) is 20.7. The van der Waals surface area contributed by atoms with Crippen LogP contribution < -0.4 is 5.63 Å². The standard InChI is InChI=1S/C17H10N2O2S/c20-17-13(9-12-3-1-2-4-15(12)21-17)14-10-22-16(19-14)11-5-7-18-8-6-11/h1-10H. The van der Waals surface area contributed by atoms with Gasteiger partial charge in [0.05, 0.1) is 11.3 Å². The molecule has 5 heteroatoms. The van der Waals surface area contributed by atoms with E-state index in [2.05, 4.69) is 9.97 Å². The SMILES string of the molecule is O=c1oc2ccccc2cc1-c1csc(-c2ccncc2)n1. The molecule has 22 heavy (non-hydrogen) atoms. The van der Waals surface area contributed by atoms with E-state index < -0.39 is 0 Å². The van der Waals surface area contributed by atoms with Gasteiger partial charge in [0.15, 0.2) is 0 Å². The van der Waals surface area contributed by atoms with E-state index in [1.807, 2.05) is 41.8 Å². The Morgan fingerprint density at radius 2 is 1.86 bits per heavy atom. The summed E-state index contributed by atoms with van der Waals surface area (Å²) in [5, 5.41) is 3.61. The van der Waals surface area contributed by atoms with Gasteiger partial charge in [-0.15, -0.1) is 11.3 Å². The number of benzene rings is 1. The van der Waals surface area contributed by atoms with Crippen molar-refractivity contribution >= 4 is 22.3 Å². The Balaban J connectivity index is 1.84. The second kappa shape index (κ2) is 5.20. The molecule has 0 bridgehead atoms. The molecule has 1 aromatic carbocycles. The first kappa shape index (κ1) is 12.9. The lowest BCUT2D eigenvalue weighted by Gasteiger charge is -1.99. The van der Waals surface area contributed by atoms with Gasteiger partial charge in [0.2, 0.25) is 0 Å². The van der Waals surface area contributed by atoms with Crippen molar-refractivity contribution in [2.75, 3.05) is 0 Å². The number of fused-ring (bicyclic) bond motifs is 1. The maximum absolute atomic E-state index is 12.2. The van der Waals surface area contributed by atoms with E-state index >= 15 is 0 Å². The van der Waals surface area contributed by atoms with Crippen molar-refractivity contribution in [3.05, 3.63) is 70.7 Å². The molecule has 0 aliphatic carbocycles. The van der Waals surface area contributed by atoms with Crippen LogP contribution in [0.1, 0.15) is 0 Å². The highest BCUT2D eigenvalue weighted by Crippen LogP contribution is 2.28. The van der Waals surface area contributed by atoms with Crippen LogP contribution in [0.2, 0.25) is 0 Å². The maximum Gasteiger partial charge on any atom is 0.345 e. The van der Waals surface area contributed by atoms with E-state index in [4.69, 9.17) is 4.42 Å². The summed E-state index contributed by atoms with van der Waals surface area (Å²) in [7, 11) is 0. The molecule has 0 fully saturated rings. The van der Waals surface area contributed by atoms with E-state index in [1.165, 1.54) is 11.3 Å². The third-order valence-electron chi connectivity index (χ3n) is 3.35. The normalized spacial score (nSPS) is 10.9. The molecule has 3 aromatic heterocycles. The predicted molar refractivity (Wildman–Crippen MR) is 86.8 cm³/mol. The largest absolute Gasteiger partial charge is 0.422 e. The maximum atomic E-state index is 12.2. The van der Waals surface area contributed by atoms with Crippen molar-refractivity contribution in [2.24, 2.45) is 0 Å². The van der Waals surface area contributed by atoms with Gasteiger partial charge in [0, 0.05) is 28.7 Å². The summed E-state index contributed by atoms with van der Waals surface area (Å²) in [6.07, 6.45) is 3.45. The molecule has 0 spiro atoms. The van der Waals surface area contributed by atoms with Gasteiger partial charge in [0.1, 0.15) is 10.6 Å². The van der Waals surface area contributed by atoms with Crippen molar-refractivity contribution in [2.45, 2.75) is 0 Å². The fraction of sp³-hybridized carbons (Fsp3) is 0. The zero-order valence-corrected chi connectivity index (χ0v) is 12.2. The number of para-hydroxylation sites is 1. The highest BCUT2D eigenvalue weighted by Gasteiger charge is 2.12. The first-order valence-corrected chi connectivity index (χ1v) is 7.58. The van der Waals surface area contributed by atoms with Crippen LogP contribution in [-0.4, -0.2) is 9.97 Å². The third kappa shape index (κ3) is 2.21. The molecule has 0 unspecified atom stereocenters. The van der Waals surface area contributed by atoms with Crippen LogP contribution in [0.3, 0.4) is 0 Å². The molecule has 0 atom stereocenters. The summed E-state index contributed by atoms with van der Waals surface area (Å²) in [5.41, 5.74) is 2.31. The fourth-order valence-electron chi connectivity index (χ4n) is 2.27. The summed E-state index contributed by atoms with van der Waals surface area (Å²) >= 11 is 1.49. The first-order valence-electron chi connectivity index (χ1n) is 6.70. The molecular formula is C17H10N2O2S. The van der Waals surface area contributed by atoms with Gasteiger partial charge in [-0.25, -0.2) is 9.78 Å². The lowest BCUT2D eigenvalue weighted by atomic mass is 10.1. The monoisotopic (exact) mass is 306 g/mol. The zero-order valence-electron chi connectivity index (χ0n) is 11.4. The van der Waals surface area contributed by atoms with E-state index in [1.54, 1.807) is 18.5 Å². The van der Waals surface area contributed by atoms with Gasteiger partial charge in [-0.2, -0.15) is 0 Å². The van der Waals surface area contributed by atoms with Crippen molar-refractivity contribution in [1.82, 2.24) is 9.97 Å². The van der Waals surface area contributed by atoms with Gasteiger partial charge in [-0.3, -0.25) is 4.98 Å². The fourth-order valence-corrected chi connectivity index (χ4v) is 3.09. The topological polar surface area (TPSA) is 56.0 Å². The highest BCUT2D eigenvalue weighted by molar-refractivity contribution is 7.13. The molecule has 4 rings (SSSR count). The number of rotatable bonds is 2. The Labute approximate surface area is 129 Å². The van der Waals surface area contributed by atoms with Crippen molar-refractivity contribution in [3.63, 3.8) is 0 Å². The second-order valence-corrected chi connectivity index (χ2v) is 5.62. The van der Waals surface area contributed by atoms with Crippen LogP contribution in [0, 0.1) is 0 Å². The Morgan fingerprint density at radius 3 is 2.73 bits per heavy atom. The molecule has 4 aromatic rings. The summed E-state index contributed by atoms with van der Waals surface area (Å²) in [6, 6.07) is 13.1. The number of nitrogens with zero attached hydrogens (tertiary/aromatic N) is 2. The minimum atomic E-state index is -0.370. The molecule has 0 aliphatic heterocycles. The minimum Gasteiger partial charge on any atom is -0.422 e. The summed E-state index contributed by atoms with van der Waals surface area (Å²) < 4.78 is 5.36. The number of hydrogen-bond donors (Lipinski definition) is 0. The molecule has 0 aliphatic rings. The quantitative estimate of drug-likeness (QED) is 0.526. The third-order valence-corrected chi connectivity index (χ3v) is 4.24. The number of aromatic nitrogens is 2. The van der Waals surface area contributed by atoms with Gasteiger partial charge < -0.3 is 4.42 Å². The molecule has 0 amide bonds. The van der Waals surface area contributed by atoms with Gasteiger partial charge in [0.25, 0.3) is 0 Å². The molecule has 0 N–H and O–H groups in total. The Hall–Kier alpha value is -2.79. The first-order chi connectivity index (χ1) is 10.8. The van der Waals surface area contributed by atoms with Crippen LogP contribution in [-0.2, 0) is 0 Å². The Morgan fingerprint density at radius 1 is 1.05 bits per heavy atom. The molecule has 106 valence electrons. The smallest absolute Gasteiger partial charge is 0.345 e. The van der Waals surface area contributed by atoms with E-state index in [0.717, 1.165) is 16.0 Å². The summed E-state index contributed by atoms with van der Waals surface area (Å²) in [5.74, 6) is 0. The highest BCUT2D eigenvalue weighted by atomic mass is 32.1. The van der Waals surface area contributed by atoms with Crippen LogP contribution in [0.4, 0.5) is 0 Å². The predicted octanol–water partition coefficient (Wildman–Crippen LogP) is 3.98. The second-order valence-electron chi connectivity index (χ2n) is 4.76. The van der Waals surface area contributed by atoms with Crippen LogP contribution >= 0.6 is 11.3 Å². The lowest BCUT2D eigenvalue weighted by molar-refractivity contribution is 0.563. The number of thiazole rings is 1. The molecule has 4 nitrogen and oxygen atoms in total. The lowest BCUT2D eigenvalue weighted by Crippen LogP contribution is -2.02. The molecule has 0 saturated carbocycles. The molecule has 0 saturated heterocycles.